The van der Waals surface area contributed by atoms with E-state index in [4.69, 9.17) is 16.3 Å². The molecule has 1 saturated heterocycles. The molecule has 3 amide bonds. The molecular formula is C54H52ClF6N9O11S. The van der Waals surface area contributed by atoms with E-state index >= 15 is 8.78 Å². The van der Waals surface area contributed by atoms with Crippen molar-refractivity contribution in [3.8, 4) is 11.5 Å². The Kier molecular flexibility index (Phi) is 17.9. The van der Waals surface area contributed by atoms with E-state index < -0.39 is 128 Å². The molecule has 0 bridgehead atoms. The van der Waals surface area contributed by atoms with Gasteiger partial charge in [-0.05, 0) is 60.0 Å². The van der Waals surface area contributed by atoms with E-state index in [1.54, 1.807) is 0 Å². The number of esters is 1. The molecular weight excluding hydrogens is 1130 g/mol. The highest BCUT2D eigenvalue weighted by Gasteiger charge is 2.44. The summed E-state index contributed by atoms with van der Waals surface area (Å²) in [7, 11) is -3.65. The molecule has 20 nitrogen and oxygen atoms in total. The van der Waals surface area contributed by atoms with Crippen molar-refractivity contribution in [2.75, 3.05) is 51.2 Å². The summed E-state index contributed by atoms with van der Waals surface area (Å²) in [6, 6.07) is 16.6. The highest BCUT2D eigenvalue weighted by Crippen LogP contribution is 2.38. The quantitative estimate of drug-likeness (QED) is 0.0435. The lowest BCUT2D eigenvalue weighted by atomic mass is 10.0. The lowest BCUT2D eigenvalue weighted by Crippen LogP contribution is -2.44. The Hall–Kier alpha value is -8.40. The standard InChI is InChI=1S/C29H21ClF3N3O6.C23H23F3N6O5S.2CH4/c1-2-42-28(41)20-24(37)22-23(21(30)16(12-34-22)11-15-7-9-17(31)10-8-15)35(27(20)40)13-29(32,33)14-36-25(38)18-5-3-4-6-19(18)26(36)39;24-15-3-1-13(2-4-15)9-14-10-28-18-19-17(14)29-11-23(25,26)12-32(19)22(35)16(20(18)33)21(34)27-5-7-31-8-6-30-38(31,36)37;;/h3-10,12,37H,2,11,13-14H2,1H3;1-4,10,29-30,33H,5-9,11-12H2,(H,27,34);2*1H4. The number of anilines is 1. The van der Waals surface area contributed by atoms with Crippen LogP contribution in [-0.2, 0) is 40.9 Å². The Morgan fingerprint density at radius 3 is 1.91 bits per heavy atom. The van der Waals surface area contributed by atoms with Gasteiger partial charge in [-0.1, -0.05) is 62.9 Å². The van der Waals surface area contributed by atoms with Gasteiger partial charge in [0.1, 0.15) is 28.2 Å². The molecule has 434 valence electrons. The minimum Gasteiger partial charge on any atom is -0.505 e. The molecule has 3 aliphatic rings. The summed E-state index contributed by atoms with van der Waals surface area (Å²) in [6.07, 6.45) is 2.79. The van der Waals surface area contributed by atoms with Crippen molar-refractivity contribution in [2.24, 2.45) is 0 Å². The topological polar surface area (TPSA) is 264 Å². The molecule has 3 aliphatic heterocycles. The Bertz CT molecular complexity index is 3890. The molecule has 7 aromatic rings. The summed E-state index contributed by atoms with van der Waals surface area (Å²) in [5.74, 6) is -14.1. The second-order valence-electron chi connectivity index (χ2n) is 18.6. The number of rotatable bonds is 14. The van der Waals surface area contributed by atoms with Gasteiger partial charge in [0.15, 0.2) is 17.1 Å². The van der Waals surface area contributed by atoms with Crippen LogP contribution in [0.5, 0.6) is 11.5 Å². The fourth-order valence-corrected chi connectivity index (χ4v) is 10.8. The second-order valence-corrected chi connectivity index (χ2v) is 20.7. The van der Waals surface area contributed by atoms with E-state index in [9.17, 15) is 65.0 Å². The molecule has 0 unspecified atom stereocenters. The number of imide groups is 1. The normalized spacial score (nSPS) is 15.1. The lowest BCUT2D eigenvalue weighted by Gasteiger charge is -2.24. The molecule has 3 aromatic carbocycles. The van der Waals surface area contributed by atoms with E-state index in [-0.39, 0.29) is 98.9 Å². The molecule has 0 aliphatic carbocycles. The summed E-state index contributed by atoms with van der Waals surface area (Å²) in [5, 5.41) is 26.5. The molecule has 7 heterocycles. The number of carbonyl (C=O) groups excluding carboxylic acids is 4. The van der Waals surface area contributed by atoms with Gasteiger partial charge in [0, 0.05) is 57.0 Å². The molecule has 5 N–H and O–H groups in total. The Morgan fingerprint density at radius 1 is 0.805 bits per heavy atom. The summed E-state index contributed by atoms with van der Waals surface area (Å²) < 4.78 is 121. The van der Waals surface area contributed by atoms with Crippen molar-refractivity contribution in [2.45, 2.75) is 59.6 Å². The van der Waals surface area contributed by atoms with Crippen molar-refractivity contribution in [3.05, 3.63) is 167 Å². The molecule has 4 aromatic heterocycles. The van der Waals surface area contributed by atoms with Gasteiger partial charge in [-0.15, -0.1) is 0 Å². The Balaban J connectivity index is 0.000000231. The third kappa shape index (κ3) is 12.1. The first kappa shape index (κ1) is 61.2. The van der Waals surface area contributed by atoms with Crippen LogP contribution in [-0.4, -0.2) is 128 Å². The Labute approximate surface area is 468 Å². The predicted molar refractivity (Wildman–Crippen MR) is 289 cm³/mol. The number of aromatic hydroxyl groups is 2. The van der Waals surface area contributed by atoms with Gasteiger partial charge in [-0.25, -0.2) is 35.9 Å². The summed E-state index contributed by atoms with van der Waals surface area (Å²) in [4.78, 5) is 86.4. The first-order valence-electron chi connectivity index (χ1n) is 24.2. The molecule has 28 heteroatoms. The average Bonchev–Trinajstić information content (AvgIpc) is 1.57. The number of hydrogen-bond donors (Lipinski definition) is 5. The van der Waals surface area contributed by atoms with Crippen LogP contribution < -0.4 is 26.5 Å². The van der Waals surface area contributed by atoms with Crippen molar-refractivity contribution < 1.29 is 68.9 Å². The largest absolute Gasteiger partial charge is 0.505 e. The van der Waals surface area contributed by atoms with Gasteiger partial charge in [-0.2, -0.15) is 12.7 Å². The Morgan fingerprint density at radius 2 is 1.35 bits per heavy atom. The fraction of sp³-hybridized carbons (Fsp3) is 0.296. The van der Waals surface area contributed by atoms with Gasteiger partial charge >= 0.3 is 5.97 Å². The SMILES string of the molecule is C.C.CCOC(=O)c1c(O)c2ncc(Cc3ccc(F)cc3)c(Cl)c2n(CC(F)(F)CN2C(=O)c3ccccc3C2=O)c1=O.O=C(NCCN1CCNS1(=O)=O)c1c(O)c2ncc(Cc3ccc(F)cc3)c3c2n(c1=O)CC(F)(F)CN3. The van der Waals surface area contributed by atoms with Crippen molar-refractivity contribution in [3.63, 3.8) is 0 Å². The van der Waals surface area contributed by atoms with E-state index in [1.165, 1.54) is 92.1 Å². The van der Waals surface area contributed by atoms with Crippen LogP contribution in [0.15, 0.2) is 94.8 Å². The zero-order chi connectivity index (χ0) is 57.6. The number of nitrogens with one attached hydrogen (secondary N) is 3. The summed E-state index contributed by atoms with van der Waals surface area (Å²) >= 11 is 6.61. The van der Waals surface area contributed by atoms with Gasteiger partial charge < -0.3 is 25.6 Å². The monoisotopic (exact) mass is 1180 g/mol. The number of ether oxygens (including phenoxy) is 1. The molecule has 0 radical (unpaired) electrons. The number of fused-ring (bicyclic) bond motifs is 2. The van der Waals surface area contributed by atoms with Crippen molar-refractivity contribution >= 4 is 73.3 Å². The summed E-state index contributed by atoms with van der Waals surface area (Å²) in [6.45, 7) is -3.32. The third-order valence-corrected chi connectivity index (χ3v) is 15.1. The van der Waals surface area contributed by atoms with E-state index in [0.717, 1.165) is 8.87 Å². The molecule has 0 spiro atoms. The van der Waals surface area contributed by atoms with Crippen LogP contribution in [0, 0.1) is 11.6 Å². The van der Waals surface area contributed by atoms with Crippen LogP contribution in [0.2, 0.25) is 5.02 Å². The van der Waals surface area contributed by atoms with E-state index in [0.29, 0.717) is 26.2 Å². The molecule has 82 heavy (non-hydrogen) atoms. The maximum Gasteiger partial charge on any atom is 0.347 e. The van der Waals surface area contributed by atoms with Crippen LogP contribution >= 0.6 is 11.6 Å². The molecule has 1 fully saturated rings. The van der Waals surface area contributed by atoms with Crippen LogP contribution in [0.4, 0.5) is 32.0 Å². The number of hydrogen-bond acceptors (Lipinski definition) is 14. The average molecular weight is 1180 g/mol. The number of alkyl halides is 4. The van der Waals surface area contributed by atoms with Gasteiger partial charge in [0.25, 0.3) is 50.9 Å². The van der Waals surface area contributed by atoms with Crippen molar-refractivity contribution in [1.29, 1.82) is 0 Å². The fourth-order valence-electron chi connectivity index (χ4n) is 9.34. The smallest absolute Gasteiger partial charge is 0.347 e. The third-order valence-electron chi connectivity index (χ3n) is 13.1. The molecule has 10 rings (SSSR count). The first-order chi connectivity index (χ1) is 37.9. The van der Waals surface area contributed by atoms with Crippen LogP contribution in [0.25, 0.3) is 22.1 Å². The maximum absolute atomic E-state index is 15.7. The number of nitrogens with zero attached hydrogens (tertiary/aromatic N) is 6. The zero-order valence-corrected chi connectivity index (χ0v) is 43.2. The van der Waals surface area contributed by atoms with E-state index in [1.807, 2.05) is 0 Å². The summed E-state index contributed by atoms with van der Waals surface area (Å²) in [5.41, 5.74) is -3.38. The maximum atomic E-state index is 15.7. The highest BCUT2D eigenvalue weighted by molar-refractivity contribution is 7.87. The zero-order valence-electron chi connectivity index (χ0n) is 41.7. The van der Waals surface area contributed by atoms with E-state index in [2.05, 4.69) is 25.3 Å². The minimum absolute atomic E-state index is 0. The molecule has 0 atom stereocenters. The minimum atomic E-state index is -3.91. The molecule has 0 saturated carbocycles. The van der Waals surface area contributed by atoms with Gasteiger partial charge in [0.2, 0.25) is 0 Å². The first-order valence-corrected chi connectivity index (χ1v) is 26.1. The van der Waals surface area contributed by atoms with Crippen molar-refractivity contribution in [1.82, 2.24) is 38.3 Å². The number of halogens is 7. The predicted octanol–water partition coefficient (Wildman–Crippen LogP) is 6.64. The number of aromatic nitrogens is 4. The van der Waals surface area contributed by atoms with Crippen LogP contribution in [0.3, 0.4) is 0 Å². The number of benzene rings is 3. The van der Waals surface area contributed by atoms with Gasteiger partial charge in [-0.3, -0.25) is 48.0 Å². The number of amides is 3. The van der Waals surface area contributed by atoms with Gasteiger partial charge in [0.05, 0.1) is 65.7 Å². The second kappa shape index (κ2) is 24.0. The highest BCUT2D eigenvalue weighted by atomic mass is 35.5. The van der Waals surface area contributed by atoms with Crippen LogP contribution in [0.1, 0.15) is 85.5 Å². The number of carbonyl (C=O) groups is 4. The number of pyridine rings is 4. The lowest BCUT2D eigenvalue weighted by molar-refractivity contribution is -0.0359.